The van der Waals surface area contributed by atoms with Crippen LogP contribution in [0.15, 0.2) is 54.6 Å². The molecule has 2 aromatic carbocycles. The number of Topliss-reactive ketones (excluding diaryl/α,β-unsaturated/α-hetero) is 2. The highest BCUT2D eigenvalue weighted by atomic mass is 16.6. The number of ketones is 2. The van der Waals surface area contributed by atoms with Gasteiger partial charge in [-0.25, -0.2) is 0 Å². The van der Waals surface area contributed by atoms with Crippen molar-refractivity contribution in [2.45, 2.75) is 50.8 Å². The summed E-state index contributed by atoms with van der Waals surface area (Å²) in [4.78, 5) is 51.2. The van der Waals surface area contributed by atoms with E-state index in [1.165, 1.54) is 6.92 Å². The van der Waals surface area contributed by atoms with Gasteiger partial charge < -0.3 is 25.2 Å². The molecule has 0 aliphatic carbocycles. The van der Waals surface area contributed by atoms with Crippen LogP contribution in [-0.2, 0) is 36.8 Å². The summed E-state index contributed by atoms with van der Waals surface area (Å²) >= 11 is 0. The van der Waals surface area contributed by atoms with Gasteiger partial charge >= 0.3 is 0 Å². The van der Waals surface area contributed by atoms with Crippen molar-refractivity contribution in [1.29, 1.82) is 0 Å². The molecular formula is C28H34N2O7. The molecule has 9 heteroatoms. The van der Waals surface area contributed by atoms with Crippen LogP contribution in [0, 0.1) is 5.92 Å². The lowest BCUT2D eigenvalue weighted by molar-refractivity contribution is -0.134. The van der Waals surface area contributed by atoms with E-state index in [0.717, 1.165) is 11.1 Å². The lowest BCUT2D eigenvalue weighted by atomic mass is 9.89. The Morgan fingerprint density at radius 2 is 1.59 bits per heavy atom. The predicted octanol–water partition coefficient (Wildman–Crippen LogP) is 1.40. The molecule has 1 aliphatic rings. The van der Waals surface area contributed by atoms with Crippen LogP contribution in [-0.4, -0.2) is 66.5 Å². The molecule has 37 heavy (non-hydrogen) atoms. The van der Waals surface area contributed by atoms with Crippen molar-refractivity contribution < 1.29 is 33.8 Å². The Hall–Kier alpha value is -3.56. The van der Waals surface area contributed by atoms with Crippen molar-refractivity contribution in [1.82, 2.24) is 10.6 Å². The topological polar surface area (TPSA) is 134 Å². The Kier molecular flexibility index (Phi) is 9.54. The molecule has 0 unspecified atom stereocenters. The average Bonchev–Trinajstić information content (AvgIpc) is 3.65. The molecule has 1 heterocycles. The fraction of sp³-hybridized carbons (Fsp3) is 0.429. The number of amides is 2. The number of nitrogens with one attached hydrogen (secondary N) is 2. The summed E-state index contributed by atoms with van der Waals surface area (Å²) in [6.45, 7) is 2.64. The van der Waals surface area contributed by atoms with Crippen LogP contribution in [0.4, 0.5) is 0 Å². The predicted molar refractivity (Wildman–Crippen MR) is 136 cm³/mol. The maximum absolute atomic E-state index is 13.6. The van der Waals surface area contributed by atoms with Gasteiger partial charge in [0.2, 0.25) is 11.8 Å². The molecule has 9 nitrogen and oxygen atoms in total. The van der Waals surface area contributed by atoms with Crippen LogP contribution in [0.2, 0.25) is 0 Å². The third kappa shape index (κ3) is 7.96. The van der Waals surface area contributed by atoms with Gasteiger partial charge in [-0.1, -0.05) is 42.5 Å². The number of epoxide rings is 1. The van der Waals surface area contributed by atoms with Crippen LogP contribution >= 0.6 is 0 Å². The second-order valence-electron chi connectivity index (χ2n) is 9.49. The standard InChI is InChI=1S/C28H34N2O7/c1-18(32)29-24(16-31)25(33)15-21(13-20-9-11-22(36-3)12-10-20)27(35)30-23(26(34)28(2)17-37-28)14-19-7-5-4-6-8-19/h4-12,21,23-24,31H,13-17H2,1-3H3,(H,29,32)(H,30,35)/t21-,23+,24+,28-/m1/s1. The molecule has 1 aliphatic heterocycles. The second-order valence-corrected chi connectivity index (χ2v) is 9.49. The molecule has 0 saturated carbocycles. The van der Waals surface area contributed by atoms with Gasteiger partial charge in [0, 0.05) is 19.3 Å². The van der Waals surface area contributed by atoms with Crippen LogP contribution in [0.25, 0.3) is 0 Å². The monoisotopic (exact) mass is 510 g/mol. The van der Waals surface area contributed by atoms with Gasteiger partial charge in [0.1, 0.15) is 17.4 Å². The first-order valence-electron chi connectivity index (χ1n) is 12.2. The summed E-state index contributed by atoms with van der Waals surface area (Å²) in [6, 6.07) is 14.5. The average molecular weight is 511 g/mol. The first-order valence-corrected chi connectivity index (χ1v) is 12.2. The summed E-state index contributed by atoms with van der Waals surface area (Å²) in [5.74, 6) is -1.84. The van der Waals surface area contributed by atoms with Crippen LogP contribution in [0.3, 0.4) is 0 Å². The first-order chi connectivity index (χ1) is 17.6. The molecule has 4 atom stereocenters. The van der Waals surface area contributed by atoms with Crippen LogP contribution < -0.4 is 15.4 Å². The van der Waals surface area contributed by atoms with Gasteiger partial charge in [-0.05, 0) is 43.0 Å². The maximum atomic E-state index is 13.6. The van der Waals surface area contributed by atoms with E-state index in [9.17, 15) is 24.3 Å². The molecule has 0 aromatic heterocycles. The number of aliphatic hydroxyl groups is 1. The summed E-state index contributed by atoms with van der Waals surface area (Å²) in [5, 5.41) is 14.9. The molecule has 0 bridgehead atoms. The minimum Gasteiger partial charge on any atom is -0.497 e. The van der Waals surface area contributed by atoms with E-state index in [1.54, 1.807) is 38.3 Å². The number of hydrogen-bond acceptors (Lipinski definition) is 7. The molecule has 1 fully saturated rings. The number of ether oxygens (including phenoxy) is 2. The number of hydrogen-bond donors (Lipinski definition) is 3. The minimum atomic E-state index is -1.12. The maximum Gasteiger partial charge on any atom is 0.224 e. The summed E-state index contributed by atoms with van der Waals surface area (Å²) in [7, 11) is 1.55. The molecule has 1 saturated heterocycles. The van der Waals surface area contributed by atoms with Gasteiger partial charge in [-0.15, -0.1) is 0 Å². The lowest BCUT2D eigenvalue weighted by Crippen LogP contribution is -2.50. The molecule has 0 radical (unpaired) electrons. The van der Waals surface area contributed by atoms with E-state index < -0.39 is 47.8 Å². The van der Waals surface area contributed by atoms with E-state index >= 15 is 0 Å². The van der Waals surface area contributed by atoms with Gasteiger partial charge in [-0.3, -0.25) is 19.2 Å². The Balaban J connectivity index is 1.83. The van der Waals surface area contributed by atoms with Crippen molar-refractivity contribution in [3.63, 3.8) is 0 Å². The smallest absolute Gasteiger partial charge is 0.224 e. The molecular weight excluding hydrogens is 476 g/mol. The number of benzene rings is 2. The highest BCUT2D eigenvalue weighted by Crippen LogP contribution is 2.29. The van der Waals surface area contributed by atoms with Crippen molar-refractivity contribution in [3.8, 4) is 5.75 Å². The van der Waals surface area contributed by atoms with Gasteiger partial charge in [0.15, 0.2) is 11.6 Å². The van der Waals surface area contributed by atoms with Crippen molar-refractivity contribution in [2.24, 2.45) is 5.92 Å². The Morgan fingerprint density at radius 3 is 2.14 bits per heavy atom. The quantitative estimate of drug-likeness (QED) is 0.327. The van der Waals surface area contributed by atoms with Crippen LogP contribution in [0.5, 0.6) is 5.75 Å². The first kappa shape index (κ1) is 28.0. The van der Waals surface area contributed by atoms with E-state index in [-0.39, 0.29) is 31.7 Å². The molecule has 2 aromatic rings. The minimum absolute atomic E-state index is 0.208. The SMILES string of the molecule is COc1ccc(C[C@H](CC(=O)[C@H](CO)NC(C)=O)C(=O)N[C@@H](Cc2ccccc2)C(=O)[C@@]2(C)CO2)cc1. The fourth-order valence-electron chi connectivity index (χ4n) is 4.13. The van der Waals surface area contributed by atoms with Crippen LogP contribution in [0.1, 0.15) is 31.4 Å². The fourth-order valence-corrected chi connectivity index (χ4v) is 4.13. The third-order valence-corrected chi connectivity index (χ3v) is 6.42. The van der Waals surface area contributed by atoms with Crippen molar-refractivity contribution in [2.75, 3.05) is 20.3 Å². The van der Waals surface area contributed by atoms with E-state index in [1.807, 2.05) is 30.3 Å². The van der Waals surface area contributed by atoms with Crippen molar-refractivity contribution in [3.05, 3.63) is 65.7 Å². The molecule has 0 spiro atoms. The van der Waals surface area contributed by atoms with E-state index in [2.05, 4.69) is 10.6 Å². The highest BCUT2D eigenvalue weighted by Gasteiger charge is 2.50. The number of methoxy groups -OCH3 is 1. The lowest BCUT2D eigenvalue weighted by Gasteiger charge is -2.24. The van der Waals surface area contributed by atoms with Gasteiger partial charge in [0.05, 0.1) is 26.4 Å². The highest BCUT2D eigenvalue weighted by molar-refractivity contribution is 5.98. The number of carbonyl (C=O) groups excluding carboxylic acids is 4. The zero-order chi connectivity index (χ0) is 27.0. The molecule has 198 valence electrons. The normalized spacial score (nSPS) is 18.7. The Morgan fingerprint density at radius 1 is 0.973 bits per heavy atom. The van der Waals surface area contributed by atoms with E-state index in [4.69, 9.17) is 9.47 Å². The van der Waals surface area contributed by atoms with E-state index in [0.29, 0.717) is 5.75 Å². The number of aliphatic hydroxyl groups excluding tert-OH is 1. The number of rotatable bonds is 14. The zero-order valence-corrected chi connectivity index (χ0v) is 21.4. The largest absolute Gasteiger partial charge is 0.497 e. The molecule has 3 rings (SSSR count). The van der Waals surface area contributed by atoms with Crippen molar-refractivity contribution >= 4 is 23.4 Å². The Bertz CT molecular complexity index is 1100. The number of carbonyl (C=O) groups is 4. The Labute approximate surface area is 216 Å². The second kappa shape index (κ2) is 12.6. The molecule has 2 amide bonds. The van der Waals surface area contributed by atoms with Gasteiger partial charge in [0.25, 0.3) is 0 Å². The zero-order valence-electron chi connectivity index (χ0n) is 21.4. The summed E-state index contributed by atoms with van der Waals surface area (Å²) < 4.78 is 10.5. The molecule has 3 N–H and O–H groups in total. The summed E-state index contributed by atoms with van der Waals surface area (Å²) in [5.41, 5.74) is 0.720. The van der Waals surface area contributed by atoms with Gasteiger partial charge in [-0.2, -0.15) is 0 Å². The summed E-state index contributed by atoms with van der Waals surface area (Å²) in [6.07, 6.45) is 0.252. The third-order valence-electron chi connectivity index (χ3n) is 6.42.